The fraction of sp³-hybridized carbons (Fsp3) is 0.333. The molecule has 2 amide bonds. The van der Waals surface area contributed by atoms with E-state index >= 15 is 0 Å². The van der Waals surface area contributed by atoms with Crippen molar-refractivity contribution in [3.05, 3.63) is 65.2 Å². The predicted molar refractivity (Wildman–Crippen MR) is 102 cm³/mol. The van der Waals surface area contributed by atoms with E-state index < -0.39 is 11.9 Å². The fourth-order valence-corrected chi connectivity index (χ4v) is 2.62. The van der Waals surface area contributed by atoms with Crippen LogP contribution in [0.15, 0.2) is 48.5 Å². The summed E-state index contributed by atoms with van der Waals surface area (Å²) in [5.74, 6) is -0.209. The summed E-state index contributed by atoms with van der Waals surface area (Å²) >= 11 is 0. The predicted octanol–water partition coefficient (Wildman–Crippen LogP) is 2.82. The van der Waals surface area contributed by atoms with E-state index in [1.54, 1.807) is 19.2 Å². The lowest BCUT2D eigenvalue weighted by Gasteiger charge is -2.20. The Balaban J connectivity index is 2.11. The second kappa shape index (κ2) is 8.04. The number of nitrogens with one attached hydrogen (secondary N) is 1. The van der Waals surface area contributed by atoms with Gasteiger partial charge in [0.15, 0.2) is 0 Å². The van der Waals surface area contributed by atoms with E-state index in [9.17, 15) is 9.59 Å². The number of nitrogens with two attached hydrogens (primary N) is 1. The number of methoxy groups -OCH3 is 1. The molecule has 0 unspecified atom stereocenters. The molecule has 0 fully saturated rings. The first-order valence-electron chi connectivity index (χ1n) is 8.54. The normalized spacial score (nSPS) is 12.3. The molecule has 0 bridgehead atoms. The molecule has 0 aliphatic rings. The first-order chi connectivity index (χ1) is 12.2. The van der Waals surface area contributed by atoms with Gasteiger partial charge in [0.2, 0.25) is 5.91 Å². The summed E-state index contributed by atoms with van der Waals surface area (Å²) in [6.45, 7) is 6.33. The van der Waals surface area contributed by atoms with Crippen LogP contribution in [-0.2, 0) is 16.6 Å². The van der Waals surface area contributed by atoms with Crippen LogP contribution in [0.5, 0.6) is 5.75 Å². The first-order valence-corrected chi connectivity index (χ1v) is 8.54. The summed E-state index contributed by atoms with van der Waals surface area (Å²) in [6.07, 6.45) is 0.304. The highest BCUT2D eigenvalue weighted by Gasteiger charge is 2.20. The highest BCUT2D eigenvalue weighted by molar-refractivity contribution is 5.97. The van der Waals surface area contributed by atoms with E-state index in [1.165, 1.54) is 0 Å². The molecule has 0 heterocycles. The maximum absolute atomic E-state index is 12.5. The van der Waals surface area contributed by atoms with Gasteiger partial charge in [-0.15, -0.1) is 0 Å². The summed E-state index contributed by atoms with van der Waals surface area (Å²) in [6, 6.07) is 13.9. The van der Waals surface area contributed by atoms with Crippen molar-refractivity contribution in [2.45, 2.75) is 38.6 Å². The maximum atomic E-state index is 12.5. The summed E-state index contributed by atoms with van der Waals surface area (Å²) in [7, 11) is 1.58. The molecule has 3 N–H and O–H groups in total. The van der Waals surface area contributed by atoms with Crippen molar-refractivity contribution in [2.75, 3.05) is 7.11 Å². The maximum Gasteiger partial charge on any atom is 0.251 e. The van der Waals surface area contributed by atoms with Crippen LogP contribution in [0.25, 0.3) is 0 Å². The van der Waals surface area contributed by atoms with Crippen molar-refractivity contribution in [1.29, 1.82) is 0 Å². The smallest absolute Gasteiger partial charge is 0.251 e. The molecule has 1 atom stereocenters. The summed E-state index contributed by atoms with van der Waals surface area (Å²) in [5, 5.41) is 2.72. The second-order valence-electron chi connectivity index (χ2n) is 7.31. The summed E-state index contributed by atoms with van der Waals surface area (Å²) < 4.78 is 5.18. The molecular weight excluding hydrogens is 328 g/mol. The van der Waals surface area contributed by atoms with Crippen LogP contribution in [0, 0.1) is 0 Å². The molecule has 5 nitrogen and oxygen atoms in total. The van der Waals surface area contributed by atoms with E-state index in [0.717, 1.165) is 11.1 Å². The van der Waals surface area contributed by atoms with E-state index in [2.05, 4.69) is 26.1 Å². The number of hydrogen-bond acceptors (Lipinski definition) is 3. The van der Waals surface area contributed by atoms with Crippen molar-refractivity contribution in [2.24, 2.45) is 5.73 Å². The monoisotopic (exact) mass is 354 g/mol. The number of carbonyl (C=O) groups excluding carboxylic acids is 2. The van der Waals surface area contributed by atoms with Gasteiger partial charge >= 0.3 is 0 Å². The molecule has 0 aliphatic carbocycles. The van der Waals surface area contributed by atoms with Crippen LogP contribution in [0.3, 0.4) is 0 Å². The Morgan fingerprint density at radius 3 is 2.31 bits per heavy atom. The van der Waals surface area contributed by atoms with Gasteiger partial charge in [-0.2, -0.15) is 0 Å². The molecule has 26 heavy (non-hydrogen) atoms. The first kappa shape index (κ1) is 19.5. The Bertz CT molecular complexity index is 777. The minimum Gasteiger partial charge on any atom is -0.497 e. The van der Waals surface area contributed by atoms with Gasteiger partial charge in [0.05, 0.1) is 7.11 Å². The van der Waals surface area contributed by atoms with Crippen LogP contribution in [0.1, 0.15) is 42.3 Å². The standard InChI is InChI=1S/C21H26N2O3/c1-21(2,3)16-10-8-15(9-11-16)20(25)23-18(19(22)24)13-14-6-5-7-17(12-14)26-4/h5-12,18H,13H2,1-4H3,(H2,22,24)(H,23,25)/t18-/m1/s1. The molecule has 2 aromatic rings. The van der Waals surface area contributed by atoms with Gasteiger partial charge in [-0.25, -0.2) is 0 Å². The molecule has 0 radical (unpaired) electrons. The lowest BCUT2D eigenvalue weighted by molar-refractivity contribution is -0.119. The molecule has 0 saturated heterocycles. The van der Waals surface area contributed by atoms with Gasteiger partial charge in [0.1, 0.15) is 11.8 Å². The quantitative estimate of drug-likeness (QED) is 0.837. The van der Waals surface area contributed by atoms with Crippen molar-refractivity contribution < 1.29 is 14.3 Å². The number of ether oxygens (including phenoxy) is 1. The minimum atomic E-state index is -0.795. The van der Waals surface area contributed by atoms with Gasteiger partial charge in [-0.3, -0.25) is 9.59 Å². The Kier molecular flexibility index (Phi) is 6.03. The Morgan fingerprint density at radius 2 is 1.77 bits per heavy atom. The van der Waals surface area contributed by atoms with Crippen molar-refractivity contribution in [3.63, 3.8) is 0 Å². The van der Waals surface area contributed by atoms with Crippen LogP contribution in [-0.4, -0.2) is 25.0 Å². The topological polar surface area (TPSA) is 81.4 Å². The van der Waals surface area contributed by atoms with Gasteiger partial charge in [-0.05, 0) is 40.8 Å². The van der Waals surface area contributed by atoms with Crippen LogP contribution in [0.2, 0.25) is 0 Å². The minimum absolute atomic E-state index is 0.0110. The number of hydrogen-bond donors (Lipinski definition) is 2. The highest BCUT2D eigenvalue weighted by Crippen LogP contribution is 2.22. The zero-order valence-electron chi connectivity index (χ0n) is 15.7. The Morgan fingerprint density at radius 1 is 1.12 bits per heavy atom. The van der Waals surface area contributed by atoms with E-state index in [4.69, 9.17) is 10.5 Å². The van der Waals surface area contributed by atoms with E-state index in [0.29, 0.717) is 17.7 Å². The van der Waals surface area contributed by atoms with Crippen LogP contribution in [0.4, 0.5) is 0 Å². The molecule has 0 spiro atoms. The number of rotatable bonds is 6. The number of carbonyl (C=O) groups is 2. The largest absolute Gasteiger partial charge is 0.497 e. The number of amides is 2. The molecule has 2 aromatic carbocycles. The Hall–Kier alpha value is -2.82. The van der Waals surface area contributed by atoms with Crippen molar-refractivity contribution in [3.8, 4) is 5.75 Å². The molecule has 0 aromatic heterocycles. The SMILES string of the molecule is COc1cccc(C[C@@H](NC(=O)c2ccc(C(C)(C)C)cc2)C(N)=O)c1. The zero-order valence-corrected chi connectivity index (χ0v) is 15.7. The molecule has 5 heteroatoms. The molecular formula is C21H26N2O3. The molecule has 0 saturated carbocycles. The highest BCUT2D eigenvalue weighted by atomic mass is 16.5. The van der Waals surface area contributed by atoms with E-state index in [-0.39, 0.29) is 11.3 Å². The van der Waals surface area contributed by atoms with E-state index in [1.807, 2.05) is 36.4 Å². The zero-order chi connectivity index (χ0) is 19.3. The second-order valence-corrected chi connectivity index (χ2v) is 7.31. The molecule has 2 rings (SSSR count). The third-order valence-electron chi connectivity index (χ3n) is 4.24. The van der Waals surface area contributed by atoms with Gasteiger partial charge in [-0.1, -0.05) is 45.0 Å². The van der Waals surface area contributed by atoms with Crippen LogP contribution >= 0.6 is 0 Å². The average Bonchev–Trinajstić information content (AvgIpc) is 2.60. The van der Waals surface area contributed by atoms with Gasteiger partial charge < -0.3 is 15.8 Å². The summed E-state index contributed by atoms with van der Waals surface area (Å²) in [5.41, 5.74) is 7.98. The van der Waals surface area contributed by atoms with Gasteiger partial charge in [0, 0.05) is 12.0 Å². The molecule has 138 valence electrons. The number of benzene rings is 2. The van der Waals surface area contributed by atoms with Crippen molar-refractivity contribution >= 4 is 11.8 Å². The number of primary amides is 1. The summed E-state index contributed by atoms with van der Waals surface area (Å²) in [4.78, 5) is 24.3. The third kappa shape index (κ3) is 5.09. The third-order valence-corrected chi connectivity index (χ3v) is 4.24. The average molecular weight is 354 g/mol. The Labute approximate surface area is 154 Å². The van der Waals surface area contributed by atoms with Gasteiger partial charge in [0.25, 0.3) is 5.91 Å². The van der Waals surface area contributed by atoms with Crippen molar-refractivity contribution in [1.82, 2.24) is 5.32 Å². The lowest BCUT2D eigenvalue weighted by atomic mass is 9.86. The lowest BCUT2D eigenvalue weighted by Crippen LogP contribution is -2.45. The fourth-order valence-electron chi connectivity index (χ4n) is 2.62. The molecule has 0 aliphatic heterocycles. The van der Waals surface area contributed by atoms with Crippen LogP contribution < -0.4 is 15.8 Å².